The fourth-order valence-electron chi connectivity index (χ4n) is 1.70. The first-order chi connectivity index (χ1) is 9.10. The summed E-state index contributed by atoms with van der Waals surface area (Å²) in [6.45, 7) is 0.584. The van der Waals surface area contributed by atoms with Gasteiger partial charge in [0.15, 0.2) is 0 Å². The molecule has 0 unspecified atom stereocenters. The molecule has 0 bridgehead atoms. The van der Waals surface area contributed by atoms with Crippen molar-refractivity contribution in [3.8, 4) is 0 Å². The quantitative estimate of drug-likeness (QED) is 0.780. The third-order valence-corrected chi connectivity index (χ3v) is 4.67. The van der Waals surface area contributed by atoms with Crippen molar-refractivity contribution in [1.29, 1.82) is 0 Å². The molecule has 5 heteroatoms. The van der Waals surface area contributed by atoms with Crippen molar-refractivity contribution in [2.45, 2.75) is 11.4 Å². The number of amides is 1. The summed E-state index contributed by atoms with van der Waals surface area (Å²) < 4.78 is 0.750. The van der Waals surface area contributed by atoms with Gasteiger partial charge in [-0.2, -0.15) is 0 Å². The molecule has 0 saturated carbocycles. The van der Waals surface area contributed by atoms with Gasteiger partial charge in [0.25, 0.3) is 5.91 Å². The Labute approximate surface area is 126 Å². The molecule has 0 radical (unpaired) electrons. The van der Waals surface area contributed by atoms with Gasteiger partial charge >= 0.3 is 0 Å². The minimum absolute atomic E-state index is 0.0252. The first-order valence-corrected chi connectivity index (χ1v) is 8.16. The maximum absolute atomic E-state index is 12.2. The standard InChI is InChI=1S/C14H14ClNOS2/c1-16(9-12-7-8-13(15)19-12)14(17)10-3-5-11(18-2)6-4-10/h3-8H,9H2,1-2H3. The van der Waals surface area contributed by atoms with Crippen molar-refractivity contribution in [3.05, 3.63) is 51.2 Å². The highest BCUT2D eigenvalue weighted by Gasteiger charge is 2.12. The van der Waals surface area contributed by atoms with Crippen LogP contribution in [0.4, 0.5) is 0 Å². The van der Waals surface area contributed by atoms with Crippen LogP contribution in [0.5, 0.6) is 0 Å². The van der Waals surface area contributed by atoms with Crippen LogP contribution in [0, 0.1) is 0 Å². The van der Waals surface area contributed by atoms with Gasteiger partial charge in [-0.25, -0.2) is 0 Å². The van der Waals surface area contributed by atoms with Crippen LogP contribution in [0.3, 0.4) is 0 Å². The maximum atomic E-state index is 12.2. The lowest BCUT2D eigenvalue weighted by Gasteiger charge is -2.16. The van der Waals surface area contributed by atoms with Crippen molar-refractivity contribution < 1.29 is 4.79 Å². The zero-order valence-electron chi connectivity index (χ0n) is 10.7. The average Bonchev–Trinajstić information content (AvgIpc) is 2.83. The fraction of sp³-hybridized carbons (Fsp3) is 0.214. The molecule has 1 aromatic heterocycles. The number of carbonyl (C=O) groups excluding carboxylic acids is 1. The maximum Gasteiger partial charge on any atom is 0.253 e. The number of hydrogen-bond acceptors (Lipinski definition) is 3. The molecule has 0 spiro atoms. The lowest BCUT2D eigenvalue weighted by molar-refractivity contribution is 0.0786. The van der Waals surface area contributed by atoms with E-state index in [-0.39, 0.29) is 5.91 Å². The van der Waals surface area contributed by atoms with Gasteiger partial charge in [0, 0.05) is 22.4 Å². The van der Waals surface area contributed by atoms with Crippen LogP contribution in [0.2, 0.25) is 4.34 Å². The van der Waals surface area contributed by atoms with E-state index >= 15 is 0 Å². The Morgan fingerprint density at radius 3 is 2.47 bits per heavy atom. The van der Waals surface area contributed by atoms with Gasteiger partial charge in [-0.3, -0.25) is 4.79 Å². The van der Waals surface area contributed by atoms with Crippen molar-refractivity contribution >= 4 is 40.6 Å². The molecule has 0 N–H and O–H groups in total. The Balaban J connectivity index is 2.05. The van der Waals surface area contributed by atoms with E-state index in [2.05, 4.69) is 0 Å². The lowest BCUT2D eigenvalue weighted by Crippen LogP contribution is -2.25. The topological polar surface area (TPSA) is 20.3 Å². The summed E-state index contributed by atoms with van der Waals surface area (Å²) in [5.41, 5.74) is 0.711. The van der Waals surface area contributed by atoms with E-state index in [0.717, 1.165) is 14.1 Å². The van der Waals surface area contributed by atoms with E-state index in [9.17, 15) is 4.79 Å². The zero-order chi connectivity index (χ0) is 13.8. The van der Waals surface area contributed by atoms with Crippen LogP contribution < -0.4 is 0 Å². The van der Waals surface area contributed by atoms with E-state index in [4.69, 9.17) is 11.6 Å². The lowest BCUT2D eigenvalue weighted by atomic mass is 10.2. The van der Waals surface area contributed by atoms with Gasteiger partial charge in [0.1, 0.15) is 0 Å². The van der Waals surface area contributed by atoms with Crippen molar-refractivity contribution in [1.82, 2.24) is 4.90 Å². The van der Waals surface area contributed by atoms with Crippen LogP contribution >= 0.6 is 34.7 Å². The number of halogens is 1. The minimum atomic E-state index is 0.0252. The highest BCUT2D eigenvalue weighted by atomic mass is 35.5. The molecule has 0 atom stereocenters. The first-order valence-electron chi connectivity index (χ1n) is 5.74. The van der Waals surface area contributed by atoms with E-state index in [0.29, 0.717) is 12.1 Å². The Kier molecular flexibility index (Phi) is 4.91. The monoisotopic (exact) mass is 311 g/mol. The molecule has 0 aliphatic rings. The number of benzene rings is 1. The zero-order valence-corrected chi connectivity index (χ0v) is 13.1. The summed E-state index contributed by atoms with van der Waals surface area (Å²) >= 11 is 9.05. The van der Waals surface area contributed by atoms with E-state index in [1.54, 1.807) is 23.7 Å². The fourth-order valence-corrected chi connectivity index (χ4v) is 3.25. The van der Waals surface area contributed by atoms with Crippen molar-refractivity contribution in [3.63, 3.8) is 0 Å². The molecule has 2 nitrogen and oxygen atoms in total. The second-order valence-corrected chi connectivity index (χ2v) is 6.77. The normalized spacial score (nSPS) is 10.5. The Morgan fingerprint density at radius 1 is 1.26 bits per heavy atom. The third-order valence-electron chi connectivity index (χ3n) is 2.71. The van der Waals surface area contributed by atoms with E-state index in [1.165, 1.54) is 11.3 Å². The molecule has 0 aliphatic carbocycles. The smallest absolute Gasteiger partial charge is 0.253 e. The number of rotatable bonds is 4. The summed E-state index contributed by atoms with van der Waals surface area (Å²) in [6, 6.07) is 11.5. The molecule has 1 amide bonds. The summed E-state index contributed by atoms with van der Waals surface area (Å²) in [5, 5.41) is 0. The average molecular weight is 312 g/mol. The second-order valence-electron chi connectivity index (χ2n) is 4.10. The van der Waals surface area contributed by atoms with Crippen LogP contribution in [-0.4, -0.2) is 24.1 Å². The van der Waals surface area contributed by atoms with Crippen LogP contribution in [0.15, 0.2) is 41.3 Å². The molecule has 1 heterocycles. The summed E-state index contributed by atoms with van der Waals surface area (Å²) in [5.74, 6) is 0.0252. The molecular weight excluding hydrogens is 298 g/mol. The van der Waals surface area contributed by atoms with Gasteiger partial charge in [-0.15, -0.1) is 23.1 Å². The predicted octanol–water partition coefficient (Wildman–Crippen LogP) is 4.40. The number of nitrogens with zero attached hydrogens (tertiary/aromatic N) is 1. The minimum Gasteiger partial charge on any atom is -0.337 e. The second kappa shape index (κ2) is 6.46. The molecular formula is C14H14ClNOS2. The number of thiophene rings is 1. The summed E-state index contributed by atoms with van der Waals surface area (Å²) in [6.07, 6.45) is 2.02. The molecule has 2 aromatic rings. The largest absolute Gasteiger partial charge is 0.337 e. The number of carbonyl (C=O) groups is 1. The Bertz CT molecular complexity index is 565. The molecule has 0 fully saturated rings. The van der Waals surface area contributed by atoms with Gasteiger partial charge in [0.05, 0.1) is 10.9 Å². The van der Waals surface area contributed by atoms with Gasteiger partial charge < -0.3 is 4.90 Å². The van der Waals surface area contributed by atoms with Crippen LogP contribution in [0.25, 0.3) is 0 Å². The van der Waals surface area contributed by atoms with Crippen molar-refractivity contribution in [2.24, 2.45) is 0 Å². The summed E-state index contributed by atoms with van der Waals surface area (Å²) in [4.78, 5) is 16.2. The Hall–Kier alpha value is -0.970. The first kappa shape index (κ1) is 14.4. The Morgan fingerprint density at radius 2 is 1.95 bits per heavy atom. The molecule has 0 aliphatic heterocycles. The summed E-state index contributed by atoms with van der Waals surface area (Å²) in [7, 11) is 1.80. The van der Waals surface area contributed by atoms with Gasteiger partial charge in [-0.05, 0) is 42.7 Å². The SMILES string of the molecule is CSc1ccc(C(=O)N(C)Cc2ccc(Cl)s2)cc1. The van der Waals surface area contributed by atoms with Crippen LogP contribution in [0.1, 0.15) is 15.2 Å². The highest BCUT2D eigenvalue weighted by Crippen LogP contribution is 2.23. The molecule has 1 aromatic carbocycles. The molecule has 0 saturated heterocycles. The number of thioether (sulfide) groups is 1. The molecule has 2 rings (SSSR count). The third kappa shape index (κ3) is 3.75. The van der Waals surface area contributed by atoms with Gasteiger partial charge in [0.2, 0.25) is 0 Å². The van der Waals surface area contributed by atoms with Crippen molar-refractivity contribution in [2.75, 3.05) is 13.3 Å². The van der Waals surface area contributed by atoms with Gasteiger partial charge in [-0.1, -0.05) is 11.6 Å². The van der Waals surface area contributed by atoms with E-state index < -0.39 is 0 Å². The number of hydrogen-bond donors (Lipinski definition) is 0. The molecule has 100 valence electrons. The molecule has 19 heavy (non-hydrogen) atoms. The van der Waals surface area contributed by atoms with E-state index in [1.807, 2.05) is 42.7 Å². The van der Waals surface area contributed by atoms with Crippen LogP contribution in [-0.2, 0) is 6.54 Å². The highest BCUT2D eigenvalue weighted by molar-refractivity contribution is 7.98. The predicted molar refractivity (Wildman–Crippen MR) is 83.3 cm³/mol.